The van der Waals surface area contributed by atoms with E-state index in [1.165, 1.54) is 0 Å². The molecular formula is C23H24N2O3. The monoisotopic (exact) mass is 376 g/mol. The van der Waals surface area contributed by atoms with Crippen molar-refractivity contribution < 1.29 is 14.3 Å². The minimum atomic E-state index is -0.520. The van der Waals surface area contributed by atoms with Crippen LogP contribution in [0.25, 0.3) is 5.69 Å². The second-order valence-electron chi connectivity index (χ2n) is 6.42. The Morgan fingerprint density at radius 1 is 0.893 bits per heavy atom. The average Bonchev–Trinajstić information content (AvgIpc) is 3.27. The van der Waals surface area contributed by atoms with Crippen LogP contribution in [0, 0.1) is 0 Å². The van der Waals surface area contributed by atoms with Gasteiger partial charge in [0.2, 0.25) is 0 Å². The maximum absolute atomic E-state index is 12.3. The van der Waals surface area contributed by atoms with E-state index in [-0.39, 0.29) is 12.5 Å². The lowest BCUT2D eigenvalue weighted by Crippen LogP contribution is -2.22. The molecule has 0 bridgehead atoms. The van der Waals surface area contributed by atoms with Crippen molar-refractivity contribution in [3.8, 4) is 5.69 Å². The van der Waals surface area contributed by atoms with Gasteiger partial charge in [-0.1, -0.05) is 32.0 Å². The molecule has 0 saturated carbocycles. The Balaban J connectivity index is 1.60. The predicted octanol–water partition coefficient (Wildman–Crippen LogP) is 4.40. The van der Waals surface area contributed by atoms with E-state index in [2.05, 4.69) is 5.32 Å². The molecule has 0 unspecified atom stereocenters. The highest BCUT2D eigenvalue weighted by Crippen LogP contribution is 2.22. The fourth-order valence-corrected chi connectivity index (χ4v) is 3.07. The van der Waals surface area contributed by atoms with E-state index in [4.69, 9.17) is 4.74 Å². The number of aromatic nitrogens is 1. The highest BCUT2D eigenvalue weighted by Gasteiger charge is 2.13. The Morgan fingerprint density at radius 3 is 2.07 bits per heavy atom. The number of anilines is 1. The molecule has 1 amide bonds. The molecule has 1 heterocycles. The lowest BCUT2D eigenvalue weighted by atomic mass is 10.0. The summed E-state index contributed by atoms with van der Waals surface area (Å²) >= 11 is 0. The lowest BCUT2D eigenvalue weighted by Gasteiger charge is -2.14. The first-order valence-electron chi connectivity index (χ1n) is 9.43. The van der Waals surface area contributed by atoms with E-state index < -0.39 is 5.97 Å². The average molecular weight is 376 g/mol. The highest BCUT2D eigenvalue weighted by atomic mass is 16.5. The molecule has 5 heteroatoms. The van der Waals surface area contributed by atoms with Gasteiger partial charge in [-0.3, -0.25) is 4.79 Å². The molecule has 2 aromatic carbocycles. The van der Waals surface area contributed by atoms with Gasteiger partial charge < -0.3 is 14.6 Å². The third-order valence-corrected chi connectivity index (χ3v) is 4.60. The van der Waals surface area contributed by atoms with Crippen LogP contribution in [0.5, 0.6) is 0 Å². The summed E-state index contributed by atoms with van der Waals surface area (Å²) in [4.78, 5) is 24.5. The van der Waals surface area contributed by atoms with Crippen LogP contribution in [0.4, 0.5) is 5.69 Å². The van der Waals surface area contributed by atoms with Gasteiger partial charge in [-0.15, -0.1) is 0 Å². The number of carbonyl (C=O) groups is 2. The van der Waals surface area contributed by atoms with E-state index >= 15 is 0 Å². The van der Waals surface area contributed by atoms with Gasteiger partial charge in [0.1, 0.15) is 0 Å². The van der Waals surface area contributed by atoms with Gasteiger partial charge in [0.15, 0.2) is 6.61 Å². The van der Waals surface area contributed by atoms with Gasteiger partial charge >= 0.3 is 5.97 Å². The van der Waals surface area contributed by atoms with Crippen molar-refractivity contribution in [3.05, 3.63) is 83.7 Å². The maximum Gasteiger partial charge on any atom is 0.338 e. The first-order chi connectivity index (χ1) is 13.6. The van der Waals surface area contributed by atoms with E-state index in [1.807, 2.05) is 73.3 Å². The summed E-state index contributed by atoms with van der Waals surface area (Å²) < 4.78 is 7.13. The molecule has 1 N–H and O–H groups in total. The van der Waals surface area contributed by atoms with Crippen LogP contribution in [-0.4, -0.2) is 23.1 Å². The standard InChI is InChI=1S/C23H24N2O3/c1-3-17-8-7-9-18(4-2)22(17)24-21(26)16-28-23(27)19-10-12-20(13-11-19)25-14-5-6-15-25/h5-15H,3-4,16H2,1-2H3,(H,24,26). The molecule has 3 rings (SSSR count). The van der Waals surface area contributed by atoms with Crippen LogP contribution in [-0.2, 0) is 22.4 Å². The molecule has 5 nitrogen and oxygen atoms in total. The highest BCUT2D eigenvalue weighted by molar-refractivity contribution is 5.96. The Labute approximate surface area is 165 Å². The van der Waals surface area contributed by atoms with Gasteiger partial charge in [0, 0.05) is 23.8 Å². The summed E-state index contributed by atoms with van der Waals surface area (Å²) in [5, 5.41) is 2.90. The Morgan fingerprint density at radius 2 is 1.50 bits per heavy atom. The minimum absolute atomic E-state index is 0.320. The summed E-state index contributed by atoms with van der Waals surface area (Å²) in [6, 6.07) is 16.9. The van der Waals surface area contributed by atoms with Crippen molar-refractivity contribution >= 4 is 17.6 Å². The Bertz CT molecular complexity index is 922. The summed E-state index contributed by atoms with van der Waals surface area (Å²) in [5.74, 6) is -0.860. The van der Waals surface area contributed by atoms with Crippen molar-refractivity contribution in [1.82, 2.24) is 4.57 Å². The predicted molar refractivity (Wildman–Crippen MR) is 110 cm³/mol. The second-order valence-corrected chi connectivity index (χ2v) is 6.42. The summed E-state index contributed by atoms with van der Waals surface area (Å²) in [6.45, 7) is 3.77. The van der Waals surface area contributed by atoms with Gasteiger partial charge in [-0.25, -0.2) is 4.79 Å². The van der Waals surface area contributed by atoms with Gasteiger partial charge in [0.05, 0.1) is 5.56 Å². The molecule has 0 atom stereocenters. The molecule has 0 saturated heterocycles. The smallest absolute Gasteiger partial charge is 0.338 e. The number of carbonyl (C=O) groups excluding carboxylic acids is 2. The first-order valence-corrected chi connectivity index (χ1v) is 9.43. The third-order valence-electron chi connectivity index (χ3n) is 4.60. The number of nitrogens with zero attached hydrogens (tertiary/aromatic N) is 1. The van der Waals surface area contributed by atoms with Crippen molar-refractivity contribution in [2.24, 2.45) is 0 Å². The zero-order valence-corrected chi connectivity index (χ0v) is 16.1. The molecule has 0 fully saturated rings. The van der Waals surface area contributed by atoms with Crippen LogP contribution in [0.1, 0.15) is 35.3 Å². The van der Waals surface area contributed by atoms with E-state index in [1.54, 1.807) is 12.1 Å². The number of aryl methyl sites for hydroxylation is 2. The normalized spacial score (nSPS) is 10.5. The topological polar surface area (TPSA) is 60.3 Å². The molecular weight excluding hydrogens is 352 g/mol. The number of esters is 1. The van der Waals surface area contributed by atoms with Gasteiger partial charge in [-0.05, 0) is 60.4 Å². The SMILES string of the molecule is CCc1cccc(CC)c1NC(=O)COC(=O)c1ccc(-n2cccc2)cc1. The zero-order chi connectivity index (χ0) is 19.9. The van der Waals surface area contributed by atoms with Crippen LogP contribution < -0.4 is 5.32 Å². The van der Waals surface area contributed by atoms with E-state index in [9.17, 15) is 9.59 Å². The second kappa shape index (κ2) is 9.04. The van der Waals surface area contributed by atoms with Crippen molar-refractivity contribution in [3.63, 3.8) is 0 Å². The number of para-hydroxylation sites is 1. The Kier molecular flexibility index (Phi) is 6.27. The summed E-state index contributed by atoms with van der Waals surface area (Å²) in [6.07, 6.45) is 5.49. The quantitative estimate of drug-likeness (QED) is 0.622. The number of ether oxygens (including phenoxy) is 1. The molecule has 0 aliphatic rings. The van der Waals surface area contributed by atoms with Crippen LogP contribution in [0.3, 0.4) is 0 Å². The molecule has 1 aromatic heterocycles. The molecule has 0 aliphatic carbocycles. The molecule has 144 valence electrons. The molecule has 0 radical (unpaired) electrons. The Hall–Kier alpha value is -3.34. The van der Waals surface area contributed by atoms with Crippen LogP contribution >= 0.6 is 0 Å². The minimum Gasteiger partial charge on any atom is -0.452 e. The van der Waals surface area contributed by atoms with Crippen LogP contribution in [0.15, 0.2) is 67.0 Å². The first kappa shape index (κ1) is 19.4. The van der Waals surface area contributed by atoms with Crippen molar-refractivity contribution in [2.45, 2.75) is 26.7 Å². The van der Waals surface area contributed by atoms with Crippen LogP contribution in [0.2, 0.25) is 0 Å². The summed E-state index contributed by atoms with van der Waals surface area (Å²) in [5.41, 5.74) is 4.32. The molecule has 0 aliphatic heterocycles. The third kappa shape index (κ3) is 4.49. The summed E-state index contributed by atoms with van der Waals surface area (Å²) in [7, 11) is 0. The maximum atomic E-state index is 12.3. The molecule has 28 heavy (non-hydrogen) atoms. The fourth-order valence-electron chi connectivity index (χ4n) is 3.07. The largest absolute Gasteiger partial charge is 0.452 e. The number of rotatable bonds is 7. The fraction of sp³-hybridized carbons (Fsp3) is 0.217. The number of amides is 1. The molecule has 3 aromatic rings. The number of benzene rings is 2. The van der Waals surface area contributed by atoms with Gasteiger partial charge in [-0.2, -0.15) is 0 Å². The number of hydrogen-bond acceptors (Lipinski definition) is 3. The number of hydrogen-bond donors (Lipinski definition) is 1. The van der Waals surface area contributed by atoms with E-state index in [0.717, 1.165) is 35.3 Å². The number of nitrogens with one attached hydrogen (secondary N) is 1. The van der Waals surface area contributed by atoms with Crippen molar-refractivity contribution in [1.29, 1.82) is 0 Å². The lowest BCUT2D eigenvalue weighted by molar-refractivity contribution is -0.119. The van der Waals surface area contributed by atoms with Crippen molar-refractivity contribution in [2.75, 3.05) is 11.9 Å². The van der Waals surface area contributed by atoms with E-state index in [0.29, 0.717) is 5.56 Å². The van der Waals surface area contributed by atoms with Gasteiger partial charge in [0.25, 0.3) is 5.91 Å². The molecule has 0 spiro atoms. The zero-order valence-electron chi connectivity index (χ0n) is 16.1.